The standard InChI is InChI=1S/C19H14ClNO3/c1-2-10-23-14-7-5-6-13(11-14)12-17-19(22)24-18(21-17)15-8-3-4-9-16(15)20/h2-9,11-12H,1,10H2. The summed E-state index contributed by atoms with van der Waals surface area (Å²) in [5, 5.41) is 0.477. The summed E-state index contributed by atoms with van der Waals surface area (Å²) in [5.74, 6) is 0.379. The van der Waals surface area contributed by atoms with Gasteiger partial charge in [0.1, 0.15) is 12.4 Å². The molecule has 24 heavy (non-hydrogen) atoms. The Morgan fingerprint density at radius 2 is 2.04 bits per heavy atom. The Morgan fingerprint density at radius 3 is 2.83 bits per heavy atom. The molecule has 0 amide bonds. The normalized spacial score (nSPS) is 15.1. The smallest absolute Gasteiger partial charge is 0.363 e. The maximum atomic E-state index is 12.0. The van der Waals surface area contributed by atoms with E-state index in [0.29, 0.717) is 22.9 Å². The van der Waals surface area contributed by atoms with E-state index in [-0.39, 0.29) is 11.6 Å². The fourth-order valence-corrected chi connectivity index (χ4v) is 2.38. The van der Waals surface area contributed by atoms with Crippen molar-refractivity contribution in [3.05, 3.63) is 83.0 Å². The largest absolute Gasteiger partial charge is 0.490 e. The Morgan fingerprint density at radius 1 is 1.21 bits per heavy atom. The number of benzene rings is 2. The fourth-order valence-electron chi connectivity index (χ4n) is 2.17. The lowest BCUT2D eigenvalue weighted by Gasteiger charge is -2.03. The lowest BCUT2D eigenvalue weighted by atomic mass is 10.2. The first-order valence-electron chi connectivity index (χ1n) is 7.28. The van der Waals surface area contributed by atoms with E-state index in [0.717, 1.165) is 5.56 Å². The molecule has 4 nitrogen and oxygen atoms in total. The summed E-state index contributed by atoms with van der Waals surface area (Å²) in [6.07, 6.45) is 3.31. The first kappa shape index (κ1) is 16.0. The van der Waals surface area contributed by atoms with Crippen LogP contribution in [0.2, 0.25) is 5.02 Å². The molecule has 2 aromatic rings. The van der Waals surface area contributed by atoms with Crippen molar-refractivity contribution in [3.63, 3.8) is 0 Å². The van der Waals surface area contributed by atoms with Gasteiger partial charge >= 0.3 is 5.97 Å². The second kappa shape index (κ2) is 7.15. The molecule has 0 unspecified atom stereocenters. The molecular weight excluding hydrogens is 326 g/mol. The van der Waals surface area contributed by atoms with Gasteiger partial charge in [0, 0.05) is 0 Å². The molecule has 0 spiro atoms. The van der Waals surface area contributed by atoms with Crippen LogP contribution in [-0.2, 0) is 9.53 Å². The molecule has 0 saturated carbocycles. The quantitative estimate of drug-likeness (QED) is 0.465. The molecule has 1 aliphatic rings. The molecule has 0 aromatic heterocycles. The van der Waals surface area contributed by atoms with E-state index < -0.39 is 5.97 Å². The van der Waals surface area contributed by atoms with E-state index in [1.807, 2.05) is 24.3 Å². The minimum absolute atomic E-state index is 0.205. The maximum absolute atomic E-state index is 12.0. The van der Waals surface area contributed by atoms with E-state index >= 15 is 0 Å². The zero-order chi connectivity index (χ0) is 16.9. The molecule has 0 saturated heterocycles. The average molecular weight is 340 g/mol. The van der Waals surface area contributed by atoms with Gasteiger partial charge in [-0.25, -0.2) is 9.79 Å². The summed E-state index contributed by atoms with van der Waals surface area (Å²) in [6.45, 7) is 4.02. The number of aliphatic imine (C=N–C) groups is 1. The molecule has 3 rings (SSSR count). The van der Waals surface area contributed by atoms with Crippen LogP contribution in [0.4, 0.5) is 0 Å². The highest BCUT2D eigenvalue weighted by molar-refractivity contribution is 6.34. The average Bonchev–Trinajstić information content (AvgIpc) is 2.94. The van der Waals surface area contributed by atoms with Crippen molar-refractivity contribution >= 4 is 29.5 Å². The second-order valence-corrected chi connectivity index (χ2v) is 5.40. The summed E-state index contributed by atoms with van der Waals surface area (Å²) in [5.41, 5.74) is 1.58. The lowest BCUT2D eigenvalue weighted by molar-refractivity contribution is -0.129. The third-order valence-electron chi connectivity index (χ3n) is 3.25. The molecule has 1 aliphatic heterocycles. The van der Waals surface area contributed by atoms with Crippen molar-refractivity contribution in [1.29, 1.82) is 0 Å². The predicted octanol–water partition coefficient (Wildman–Crippen LogP) is 4.25. The first-order chi connectivity index (χ1) is 11.7. The van der Waals surface area contributed by atoms with Crippen molar-refractivity contribution in [3.8, 4) is 5.75 Å². The number of carbonyl (C=O) groups is 1. The number of esters is 1. The van der Waals surface area contributed by atoms with Crippen molar-refractivity contribution in [2.75, 3.05) is 6.61 Å². The number of halogens is 1. The summed E-state index contributed by atoms with van der Waals surface area (Å²) in [7, 11) is 0. The van der Waals surface area contributed by atoms with Crippen LogP contribution in [0.3, 0.4) is 0 Å². The highest BCUT2D eigenvalue weighted by Gasteiger charge is 2.25. The molecule has 5 heteroatoms. The molecule has 120 valence electrons. The van der Waals surface area contributed by atoms with Gasteiger partial charge < -0.3 is 9.47 Å². The molecule has 1 heterocycles. The van der Waals surface area contributed by atoms with E-state index in [1.165, 1.54) is 0 Å². The van der Waals surface area contributed by atoms with Gasteiger partial charge in [0.15, 0.2) is 5.70 Å². The van der Waals surface area contributed by atoms with Gasteiger partial charge in [-0.15, -0.1) is 0 Å². The van der Waals surface area contributed by atoms with Gasteiger partial charge in [-0.3, -0.25) is 0 Å². The lowest BCUT2D eigenvalue weighted by Crippen LogP contribution is -2.05. The summed E-state index contributed by atoms with van der Waals surface area (Å²) < 4.78 is 10.7. The van der Waals surface area contributed by atoms with Crippen LogP contribution in [0.1, 0.15) is 11.1 Å². The van der Waals surface area contributed by atoms with Crippen molar-refractivity contribution in [2.45, 2.75) is 0 Å². The minimum atomic E-state index is -0.512. The van der Waals surface area contributed by atoms with E-state index in [2.05, 4.69) is 11.6 Å². The molecular formula is C19H14ClNO3. The van der Waals surface area contributed by atoms with Gasteiger partial charge in [-0.2, -0.15) is 0 Å². The van der Waals surface area contributed by atoms with Gasteiger partial charge in [0.25, 0.3) is 0 Å². The second-order valence-electron chi connectivity index (χ2n) is 4.99. The number of hydrogen-bond donors (Lipinski definition) is 0. The molecule has 0 fully saturated rings. The summed E-state index contributed by atoms with van der Waals surface area (Å²) in [4.78, 5) is 16.3. The van der Waals surface area contributed by atoms with Crippen LogP contribution in [-0.4, -0.2) is 18.5 Å². The molecule has 0 N–H and O–H groups in total. The Kier molecular flexibility index (Phi) is 4.77. The Bertz CT molecular complexity index is 855. The zero-order valence-corrected chi connectivity index (χ0v) is 13.5. The summed E-state index contributed by atoms with van der Waals surface area (Å²) >= 11 is 6.11. The number of nitrogens with zero attached hydrogens (tertiary/aromatic N) is 1. The predicted molar refractivity (Wildman–Crippen MR) is 94.2 cm³/mol. The molecule has 0 bridgehead atoms. The van der Waals surface area contributed by atoms with Crippen molar-refractivity contribution in [2.24, 2.45) is 4.99 Å². The molecule has 0 atom stereocenters. The number of cyclic esters (lactones) is 1. The highest BCUT2D eigenvalue weighted by atomic mass is 35.5. The van der Waals surface area contributed by atoms with E-state index in [9.17, 15) is 4.79 Å². The number of ether oxygens (including phenoxy) is 2. The highest BCUT2D eigenvalue weighted by Crippen LogP contribution is 2.24. The number of rotatable bonds is 5. The number of hydrogen-bond acceptors (Lipinski definition) is 4. The van der Waals surface area contributed by atoms with Crippen LogP contribution in [0.5, 0.6) is 5.75 Å². The molecule has 0 radical (unpaired) electrons. The van der Waals surface area contributed by atoms with Crippen LogP contribution in [0.15, 0.2) is 71.9 Å². The molecule has 0 aliphatic carbocycles. The van der Waals surface area contributed by atoms with Gasteiger partial charge in [-0.05, 0) is 35.9 Å². The van der Waals surface area contributed by atoms with Gasteiger partial charge in [-0.1, -0.05) is 48.5 Å². The first-order valence-corrected chi connectivity index (χ1v) is 7.66. The van der Waals surface area contributed by atoms with Crippen LogP contribution in [0, 0.1) is 0 Å². The fraction of sp³-hybridized carbons (Fsp3) is 0.0526. The van der Waals surface area contributed by atoms with Crippen LogP contribution >= 0.6 is 11.6 Å². The van der Waals surface area contributed by atoms with Crippen molar-refractivity contribution < 1.29 is 14.3 Å². The third kappa shape index (κ3) is 3.55. The Balaban J connectivity index is 1.89. The van der Waals surface area contributed by atoms with Gasteiger partial charge in [0.05, 0.1) is 10.6 Å². The Hall–Kier alpha value is -2.85. The topological polar surface area (TPSA) is 47.9 Å². The van der Waals surface area contributed by atoms with Crippen LogP contribution in [0.25, 0.3) is 6.08 Å². The molecule has 2 aromatic carbocycles. The van der Waals surface area contributed by atoms with Gasteiger partial charge in [0.2, 0.25) is 5.90 Å². The monoisotopic (exact) mass is 339 g/mol. The minimum Gasteiger partial charge on any atom is -0.490 e. The van der Waals surface area contributed by atoms with Crippen LogP contribution < -0.4 is 4.74 Å². The Labute approximate surface area is 144 Å². The van der Waals surface area contributed by atoms with E-state index in [4.69, 9.17) is 21.1 Å². The van der Waals surface area contributed by atoms with E-state index in [1.54, 1.807) is 36.4 Å². The summed E-state index contributed by atoms with van der Waals surface area (Å²) in [6, 6.07) is 14.4. The number of carbonyl (C=O) groups excluding carboxylic acids is 1. The SMILES string of the molecule is C=CCOc1cccc(C=C2N=C(c3ccccc3Cl)OC2=O)c1. The van der Waals surface area contributed by atoms with Crippen molar-refractivity contribution in [1.82, 2.24) is 0 Å². The zero-order valence-electron chi connectivity index (χ0n) is 12.7. The third-order valence-corrected chi connectivity index (χ3v) is 3.58. The maximum Gasteiger partial charge on any atom is 0.363 e.